The van der Waals surface area contributed by atoms with Gasteiger partial charge in [0.15, 0.2) is 0 Å². The van der Waals surface area contributed by atoms with Crippen LogP contribution in [-0.4, -0.2) is 123 Å². The maximum absolute atomic E-state index is 13.8. The third kappa shape index (κ3) is 68.8. The molecule has 2 N–H and O–H groups in total. The van der Waals surface area contributed by atoms with Crippen LogP contribution < -0.4 is 10.6 Å². The van der Waals surface area contributed by atoms with E-state index < -0.39 is 16.2 Å². The number of nitrogens with one attached hydrogen (secondary N) is 2. The van der Waals surface area contributed by atoms with Crippen LogP contribution in [0.2, 0.25) is 0 Å². The smallest absolute Gasteiger partial charge is 0.311 e. The second kappa shape index (κ2) is 77.6. The minimum Gasteiger partial charge on any atom is -0.466 e. The summed E-state index contributed by atoms with van der Waals surface area (Å²) in [6.45, 7) is 33.2. The average molecular weight is 1580 g/mol. The first-order valence-corrected chi connectivity index (χ1v) is 48.9. The quantitative estimate of drug-likeness (QED) is 0.0336. The number of amides is 2. The van der Waals surface area contributed by atoms with Crippen molar-refractivity contribution in [2.24, 2.45) is 16.2 Å². The van der Waals surface area contributed by atoms with Crippen molar-refractivity contribution < 1.29 is 47.7 Å². The van der Waals surface area contributed by atoms with Crippen molar-refractivity contribution >= 4 is 35.7 Å². The van der Waals surface area contributed by atoms with Crippen molar-refractivity contribution in [3.05, 3.63) is 0 Å². The molecule has 0 radical (unpaired) electrons. The molecule has 0 saturated heterocycles. The first-order valence-electron chi connectivity index (χ1n) is 48.9. The summed E-state index contributed by atoms with van der Waals surface area (Å²) < 4.78 is 24.1. The van der Waals surface area contributed by atoms with Gasteiger partial charge in [0.1, 0.15) is 12.2 Å². The van der Waals surface area contributed by atoms with E-state index in [4.69, 9.17) is 18.9 Å². The lowest BCUT2D eigenvalue weighted by Crippen LogP contribution is -2.37. The van der Waals surface area contributed by atoms with Crippen LogP contribution in [0.25, 0.3) is 0 Å². The lowest BCUT2D eigenvalue weighted by atomic mass is 9.86. The Morgan fingerprint density at radius 3 is 0.804 bits per heavy atom. The second-order valence-electron chi connectivity index (χ2n) is 36.4. The molecule has 0 atom stereocenters. The summed E-state index contributed by atoms with van der Waals surface area (Å²) in [5.41, 5.74) is -1.47. The summed E-state index contributed by atoms with van der Waals surface area (Å²) in [6.07, 6.45) is 71.5. The molecule has 0 spiro atoms. The normalized spacial score (nSPS) is 12.1. The van der Waals surface area contributed by atoms with Crippen molar-refractivity contribution in [1.82, 2.24) is 20.4 Å². The summed E-state index contributed by atoms with van der Waals surface area (Å²) in [5.74, 6) is -0.384. The molecule has 0 heterocycles. The number of hydrogen-bond acceptors (Lipinski definition) is 12. The van der Waals surface area contributed by atoms with Crippen molar-refractivity contribution in [3.8, 4) is 0 Å². The second-order valence-corrected chi connectivity index (χ2v) is 36.4. The molecule has 0 aliphatic rings. The van der Waals surface area contributed by atoms with Crippen molar-refractivity contribution in [1.29, 1.82) is 0 Å². The molecule has 0 saturated carbocycles. The summed E-state index contributed by atoms with van der Waals surface area (Å²) >= 11 is 0. The van der Waals surface area contributed by atoms with Gasteiger partial charge in [-0.3, -0.25) is 28.8 Å². The van der Waals surface area contributed by atoms with Crippen LogP contribution in [0, 0.1) is 16.2 Å². The highest BCUT2D eigenvalue weighted by molar-refractivity contribution is 5.83. The Balaban J connectivity index is 5.66. The highest BCUT2D eigenvalue weighted by atomic mass is 16.6. The molecule has 0 bridgehead atoms. The maximum atomic E-state index is 13.8. The molecule has 0 rings (SSSR count). The minimum atomic E-state index is -0.516. The van der Waals surface area contributed by atoms with E-state index in [-0.39, 0.29) is 60.7 Å². The Hall–Kier alpha value is -3.26. The van der Waals surface area contributed by atoms with Gasteiger partial charge in [-0.1, -0.05) is 324 Å². The van der Waals surface area contributed by atoms with Crippen LogP contribution in [0.5, 0.6) is 0 Å². The van der Waals surface area contributed by atoms with Gasteiger partial charge in [0.05, 0.1) is 29.5 Å². The standard InChI is InChI=1S/C98H190N4O10/c1-13-19-25-31-37-44-58-72-92(105)109-86-66-52-38-48-62-80-101(82-64-50-46-60-76-97(9,10)94(107)111-88(68-54-40-32-26-20-14-2)69-55-41-33-27-21-15-3)84-78-99-90(103)73-74-91(104)100-79-85-102(81-63-49-39-53-67-87-110-93(106)96(7,8)75-59-45-36-30-24-18-6)83-65-51-47-61-77-98(11,12)95(108)112-89(70-56-42-34-28-22-16-4)71-57-43-35-29-23-17-5/h88-89H,13-87H2,1-12H3,(H,99,103)(H,100,104). The molecule has 0 aromatic carbocycles. The predicted molar refractivity (Wildman–Crippen MR) is 476 cm³/mol. The predicted octanol–water partition coefficient (Wildman–Crippen LogP) is 27.3. The van der Waals surface area contributed by atoms with Gasteiger partial charge < -0.3 is 39.4 Å². The molecule has 0 aliphatic carbocycles. The summed E-state index contributed by atoms with van der Waals surface area (Å²) in [4.78, 5) is 84.6. The number of rotatable bonds is 87. The number of carbonyl (C=O) groups is 6. The van der Waals surface area contributed by atoms with E-state index in [0.717, 1.165) is 245 Å². The number of esters is 4. The summed E-state index contributed by atoms with van der Waals surface area (Å²) in [6, 6.07) is 0. The van der Waals surface area contributed by atoms with E-state index in [0.29, 0.717) is 32.7 Å². The van der Waals surface area contributed by atoms with Gasteiger partial charge in [-0.05, 0) is 183 Å². The van der Waals surface area contributed by atoms with E-state index in [1.807, 2.05) is 13.8 Å². The zero-order valence-corrected chi connectivity index (χ0v) is 76.7. The third-order valence-corrected chi connectivity index (χ3v) is 23.7. The highest BCUT2D eigenvalue weighted by Gasteiger charge is 2.33. The van der Waals surface area contributed by atoms with Crippen LogP contribution in [0.4, 0.5) is 0 Å². The number of unbranched alkanes of at least 4 members (excludes halogenated alkanes) is 45. The fraction of sp³-hybridized carbons (Fsp3) is 0.939. The minimum absolute atomic E-state index is 0.0224. The Kier molecular flexibility index (Phi) is 75.4. The molecule has 662 valence electrons. The van der Waals surface area contributed by atoms with Crippen LogP contribution >= 0.6 is 0 Å². The maximum Gasteiger partial charge on any atom is 0.311 e. The molecule has 14 nitrogen and oxygen atoms in total. The Bertz CT molecular complexity index is 2120. The zero-order chi connectivity index (χ0) is 82.5. The van der Waals surface area contributed by atoms with E-state index in [1.165, 1.54) is 193 Å². The first-order chi connectivity index (χ1) is 54.2. The number of carbonyl (C=O) groups excluding carboxylic acids is 6. The van der Waals surface area contributed by atoms with E-state index >= 15 is 0 Å². The first kappa shape index (κ1) is 109. The largest absolute Gasteiger partial charge is 0.466 e. The van der Waals surface area contributed by atoms with Gasteiger partial charge in [-0.15, -0.1) is 0 Å². The lowest BCUT2D eigenvalue weighted by molar-refractivity contribution is -0.161. The average Bonchev–Trinajstić information content (AvgIpc) is 0.895. The monoisotopic (exact) mass is 1580 g/mol. The fourth-order valence-corrected chi connectivity index (χ4v) is 15.5. The van der Waals surface area contributed by atoms with Crippen LogP contribution in [0.15, 0.2) is 0 Å². The molecule has 14 heteroatoms. The number of nitrogens with zero attached hydrogens (tertiary/aromatic N) is 2. The summed E-state index contributed by atoms with van der Waals surface area (Å²) in [7, 11) is 0. The molecule has 0 fully saturated rings. The van der Waals surface area contributed by atoms with Gasteiger partial charge >= 0.3 is 23.9 Å². The van der Waals surface area contributed by atoms with Gasteiger partial charge in [0.2, 0.25) is 11.8 Å². The van der Waals surface area contributed by atoms with Gasteiger partial charge in [0.25, 0.3) is 0 Å². The molecular weight excluding hydrogens is 1390 g/mol. The Morgan fingerprint density at radius 2 is 0.500 bits per heavy atom. The molecular formula is C98H190N4O10. The van der Waals surface area contributed by atoms with E-state index in [9.17, 15) is 28.8 Å². The fourth-order valence-electron chi connectivity index (χ4n) is 15.5. The van der Waals surface area contributed by atoms with E-state index in [1.54, 1.807) is 0 Å². The van der Waals surface area contributed by atoms with Crippen molar-refractivity contribution in [2.75, 3.05) is 65.6 Å². The van der Waals surface area contributed by atoms with Crippen LogP contribution in [0.1, 0.15) is 500 Å². The number of hydrogen-bond donors (Lipinski definition) is 2. The lowest BCUT2D eigenvalue weighted by Gasteiger charge is -2.27. The molecule has 112 heavy (non-hydrogen) atoms. The van der Waals surface area contributed by atoms with E-state index in [2.05, 4.69) is 89.7 Å². The molecule has 0 unspecified atom stereocenters. The summed E-state index contributed by atoms with van der Waals surface area (Å²) in [5, 5.41) is 6.30. The van der Waals surface area contributed by atoms with Gasteiger partial charge in [-0.25, -0.2) is 0 Å². The molecule has 0 aliphatic heterocycles. The third-order valence-electron chi connectivity index (χ3n) is 23.7. The Morgan fingerprint density at radius 1 is 0.259 bits per heavy atom. The van der Waals surface area contributed by atoms with Gasteiger partial charge in [0, 0.05) is 45.4 Å². The SMILES string of the molecule is CCCCCCCCCC(=O)OCCCCCCCN(CCCCCCC(C)(C)C(=O)OC(CCCCCCCC)CCCCCCCC)CCNC(=O)CCC(=O)NCCN(CCCCCCCOC(=O)C(C)(C)CCCCCCCC)CCCCCCC(C)(C)C(=O)OC(CCCCCCCC)CCCCCCCC. The zero-order valence-electron chi connectivity index (χ0n) is 76.7. The van der Waals surface area contributed by atoms with Gasteiger partial charge in [-0.2, -0.15) is 0 Å². The molecule has 0 aromatic heterocycles. The number of ether oxygens (including phenoxy) is 4. The highest BCUT2D eigenvalue weighted by Crippen LogP contribution is 2.32. The Labute approximate surface area is 694 Å². The van der Waals surface area contributed by atoms with Crippen LogP contribution in [-0.2, 0) is 47.7 Å². The van der Waals surface area contributed by atoms with Crippen molar-refractivity contribution in [3.63, 3.8) is 0 Å². The van der Waals surface area contributed by atoms with Crippen LogP contribution in [0.3, 0.4) is 0 Å². The molecule has 2 amide bonds. The molecule has 0 aromatic rings. The van der Waals surface area contributed by atoms with Crippen molar-refractivity contribution in [2.45, 2.75) is 513 Å². The topological polar surface area (TPSA) is 170 Å².